The van der Waals surface area contributed by atoms with Gasteiger partial charge in [0.1, 0.15) is 0 Å². The van der Waals surface area contributed by atoms with Gasteiger partial charge in [0.05, 0.1) is 22.8 Å². The number of ketones is 1. The fourth-order valence-electron chi connectivity index (χ4n) is 2.46. The van der Waals surface area contributed by atoms with Gasteiger partial charge in [-0.05, 0) is 38.0 Å². The van der Waals surface area contributed by atoms with Crippen LogP contribution in [0.25, 0.3) is 0 Å². The summed E-state index contributed by atoms with van der Waals surface area (Å²) in [5.74, 6) is -0.857. The van der Waals surface area contributed by atoms with Gasteiger partial charge in [-0.15, -0.1) is 11.3 Å². The van der Waals surface area contributed by atoms with Crippen LogP contribution in [0.2, 0.25) is 0 Å². The zero-order valence-corrected chi connectivity index (χ0v) is 12.4. The molecular formula is C15H14N2O2S. The smallest absolute Gasteiger partial charge is 0.299 e. The van der Waals surface area contributed by atoms with E-state index in [2.05, 4.69) is 4.98 Å². The number of carbonyl (C=O) groups is 2. The Morgan fingerprint density at radius 1 is 1.20 bits per heavy atom. The zero-order valence-electron chi connectivity index (χ0n) is 11.6. The van der Waals surface area contributed by atoms with Crippen molar-refractivity contribution in [3.8, 4) is 0 Å². The predicted octanol–water partition coefficient (Wildman–Crippen LogP) is 2.80. The Hall–Kier alpha value is -2.01. The quantitative estimate of drug-likeness (QED) is 0.798. The molecule has 0 N–H and O–H groups in total. The van der Waals surface area contributed by atoms with Crippen LogP contribution in [0.15, 0.2) is 18.3 Å². The van der Waals surface area contributed by atoms with Gasteiger partial charge in [0.25, 0.3) is 11.7 Å². The molecule has 1 aromatic carbocycles. The van der Waals surface area contributed by atoms with Gasteiger partial charge in [-0.3, -0.25) is 14.5 Å². The summed E-state index contributed by atoms with van der Waals surface area (Å²) in [6.45, 7) is 6.27. The van der Waals surface area contributed by atoms with Gasteiger partial charge in [-0.25, -0.2) is 4.98 Å². The molecule has 0 atom stereocenters. The van der Waals surface area contributed by atoms with Crippen molar-refractivity contribution in [1.82, 2.24) is 4.98 Å². The van der Waals surface area contributed by atoms with Crippen LogP contribution in [-0.2, 0) is 11.3 Å². The molecule has 0 bridgehead atoms. The van der Waals surface area contributed by atoms with Crippen molar-refractivity contribution in [2.45, 2.75) is 27.3 Å². The molecule has 2 heterocycles. The van der Waals surface area contributed by atoms with Gasteiger partial charge in [0, 0.05) is 11.1 Å². The molecular weight excluding hydrogens is 272 g/mol. The number of anilines is 1. The van der Waals surface area contributed by atoms with E-state index in [-0.39, 0.29) is 0 Å². The Balaban J connectivity index is 2.07. The standard InChI is InChI=1S/C15H14N2O2S/c1-8-4-5-12-13(9(8)2)17(15(19)14(12)18)7-11-6-16-10(3)20-11/h4-6H,7H2,1-3H3. The first-order valence-electron chi connectivity index (χ1n) is 6.36. The molecule has 0 saturated carbocycles. The average molecular weight is 286 g/mol. The minimum Gasteiger partial charge on any atom is -0.299 e. The summed E-state index contributed by atoms with van der Waals surface area (Å²) in [4.78, 5) is 31.0. The number of amides is 1. The Morgan fingerprint density at radius 2 is 1.95 bits per heavy atom. The van der Waals surface area contributed by atoms with Gasteiger partial charge >= 0.3 is 0 Å². The molecule has 0 radical (unpaired) electrons. The second-order valence-electron chi connectivity index (χ2n) is 4.97. The summed E-state index contributed by atoms with van der Waals surface area (Å²) in [6.07, 6.45) is 1.76. The molecule has 4 nitrogen and oxygen atoms in total. The van der Waals surface area contributed by atoms with Crippen molar-refractivity contribution >= 4 is 28.7 Å². The minimum atomic E-state index is -0.445. The van der Waals surface area contributed by atoms with Crippen molar-refractivity contribution in [2.24, 2.45) is 0 Å². The van der Waals surface area contributed by atoms with Crippen LogP contribution < -0.4 is 4.90 Å². The Morgan fingerprint density at radius 3 is 2.60 bits per heavy atom. The minimum absolute atomic E-state index is 0.410. The Bertz CT molecular complexity index is 733. The average Bonchev–Trinajstić information content (AvgIpc) is 2.92. The van der Waals surface area contributed by atoms with Crippen LogP contribution >= 0.6 is 11.3 Å². The van der Waals surface area contributed by atoms with Crippen molar-refractivity contribution in [2.75, 3.05) is 4.90 Å². The van der Waals surface area contributed by atoms with Gasteiger partial charge in [-0.2, -0.15) is 0 Å². The number of aryl methyl sites for hydroxylation is 2. The van der Waals surface area contributed by atoms with E-state index in [0.29, 0.717) is 12.1 Å². The third-order valence-corrected chi connectivity index (χ3v) is 4.54. The summed E-state index contributed by atoms with van der Waals surface area (Å²) in [5, 5.41) is 0.958. The molecule has 1 aromatic heterocycles. The maximum atomic E-state index is 12.2. The molecule has 5 heteroatoms. The number of carbonyl (C=O) groups excluding carboxylic acids is 2. The first-order chi connectivity index (χ1) is 9.49. The lowest BCUT2D eigenvalue weighted by Crippen LogP contribution is -2.29. The molecule has 20 heavy (non-hydrogen) atoms. The summed E-state index contributed by atoms with van der Waals surface area (Å²) in [7, 11) is 0. The van der Waals surface area contributed by atoms with Gasteiger partial charge < -0.3 is 0 Å². The highest BCUT2D eigenvalue weighted by molar-refractivity contribution is 7.11. The summed E-state index contributed by atoms with van der Waals surface area (Å²) >= 11 is 1.55. The molecule has 102 valence electrons. The van der Waals surface area contributed by atoms with Crippen LogP contribution in [0.1, 0.15) is 31.4 Å². The topological polar surface area (TPSA) is 50.3 Å². The highest BCUT2D eigenvalue weighted by Gasteiger charge is 2.37. The number of benzene rings is 1. The van der Waals surface area contributed by atoms with Crippen LogP contribution in [0.3, 0.4) is 0 Å². The zero-order chi connectivity index (χ0) is 14.4. The molecule has 3 rings (SSSR count). The number of aromatic nitrogens is 1. The molecule has 1 aliphatic heterocycles. The SMILES string of the molecule is Cc1ncc(CN2C(=O)C(=O)c3ccc(C)c(C)c32)s1. The van der Waals surface area contributed by atoms with Crippen LogP contribution in [0.5, 0.6) is 0 Å². The maximum absolute atomic E-state index is 12.2. The summed E-state index contributed by atoms with van der Waals surface area (Å²) in [5.41, 5.74) is 3.34. The Labute approximate surface area is 121 Å². The highest BCUT2D eigenvalue weighted by Crippen LogP contribution is 2.35. The van der Waals surface area contributed by atoms with Crippen molar-refractivity contribution in [1.29, 1.82) is 0 Å². The number of Topliss-reactive ketones (excluding diaryl/α,β-unsaturated/α-hetero) is 1. The first kappa shape index (κ1) is 13.0. The number of thiazole rings is 1. The summed E-state index contributed by atoms with van der Waals surface area (Å²) in [6, 6.07) is 3.63. The molecule has 0 unspecified atom stereocenters. The monoisotopic (exact) mass is 286 g/mol. The largest absolute Gasteiger partial charge is 0.299 e. The van der Waals surface area contributed by atoms with Gasteiger partial charge in [0.15, 0.2) is 0 Å². The van der Waals surface area contributed by atoms with E-state index in [4.69, 9.17) is 0 Å². The van der Waals surface area contributed by atoms with Crippen molar-refractivity contribution in [3.63, 3.8) is 0 Å². The van der Waals surface area contributed by atoms with Crippen LogP contribution in [0.4, 0.5) is 5.69 Å². The van der Waals surface area contributed by atoms with E-state index in [0.717, 1.165) is 26.7 Å². The maximum Gasteiger partial charge on any atom is 0.299 e. The van der Waals surface area contributed by atoms with E-state index in [1.54, 1.807) is 28.5 Å². The van der Waals surface area contributed by atoms with Crippen LogP contribution in [-0.4, -0.2) is 16.7 Å². The fraction of sp³-hybridized carbons (Fsp3) is 0.267. The number of hydrogen-bond acceptors (Lipinski definition) is 4. The molecule has 1 aliphatic rings. The molecule has 0 saturated heterocycles. The van der Waals surface area contributed by atoms with E-state index in [1.165, 1.54) is 0 Å². The third-order valence-electron chi connectivity index (χ3n) is 3.64. The lowest BCUT2D eigenvalue weighted by molar-refractivity contribution is -0.114. The van der Waals surface area contributed by atoms with Crippen molar-refractivity contribution < 1.29 is 9.59 Å². The summed E-state index contributed by atoms with van der Waals surface area (Å²) < 4.78 is 0. The highest BCUT2D eigenvalue weighted by atomic mass is 32.1. The van der Waals surface area contributed by atoms with Crippen molar-refractivity contribution in [3.05, 3.63) is 44.9 Å². The molecule has 2 aromatic rings. The second-order valence-corrected chi connectivity index (χ2v) is 6.29. The molecule has 0 fully saturated rings. The molecule has 0 aliphatic carbocycles. The lowest BCUT2D eigenvalue weighted by Gasteiger charge is -2.18. The fourth-order valence-corrected chi connectivity index (χ4v) is 3.24. The third kappa shape index (κ3) is 1.86. The van der Waals surface area contributed by atoms with Gasteiger partial charge in [0.2, 0.25) is 0 Å². The number of hydrogen-bond donors (Lipinski definition) is 0. The second kappa shape index (κ2) is 4.52. The van der Waals surface area contributed by atoms with Gasteiger partial charge in [-0.1, -0.05) is 6.07 Å². The molecule has 0 spiro atoms. The lowest BCUT2D eigenvalue weighted by atomic mass is 10.0. The Kier molecular flexibility index (Phi) is 2.94. The number of nitrogens with zero attached hydrogens (tertiary/aromatic N) is 2. The van der Waals surface area contributed by atoms with E-state index < -0.39 is 11.7 Å². The number of rotatable bonds is 2. The van der Waals surface area contributed by atoms with E-state index in [1.807, 2.05) is 26.8 Å². The number of fused-ring (bicyclic) bond motifs is 1. The molecule has 1 amide bonds. The van der Waals surface area contributed by atoms with Crippen LogP contribution in [0, 0.1) is 20.8 Å². The van der Waals surface area contributed by atoms with E-state index >= 15 is 0 Å². The normalized spacial score (nSPS) is 14.1. The van der Waals surface area contributed by atoms with E-state index in [9.17, 15) is 9.59 Å². The first-order valence-corrected chi connectivity index (χ1v) is 7.18. The predicted molar refractivity (Wildman–Crippen MR) is 78.3 cm³/mol.